The van der Waals surface area contributed by atoms with Gasteiger partial charge in [0.15, 0.2) is 69.8 Å². The van der Waals surface area contributed by atoms with Crippen LogP contribution in [0.15, 0.2) is 49.1 Å². The van der Waals surface area contributed by atoms with Crippen LogP contribution in [0, 0.1) is 116 Å². The predicted molar refractivity (Wildman–Crippen MR) is 202 cm³/mol. The third-order valence-corrected chi connectivity index (χ3v) is 10.8. The maximum Gasteiger partial charge on any atom is 0.241 e. The molecule has 0 spiro atoms. The Kier molecular flexibility index (Phi) is 16.8. The molecule has 0 fully saturated rings. The minimum absolute atomic E-state index is 0.848. The topological polar surface area (TPSA) is 26.0 Å². The van der Waals surface area contributed by atoms with Crippen molar-refractivity contribution >= 4 is 28.0 Å². The van der Waals surface area contributed by atoms with Gasteiger partial charge in [-0.1, -0.05) is 64.0 Å². The number of halogens is 20. The van der Waals surface area contributed by atoms with Gasteiger partial charge in [0, 0.05) is 4.73 Å². The van der Waals surface area contributed by atoms with E-state index in [1.807, 2.05) is 12.1 Å². The molecular weight excluding hydrogens is 963 g/mol. The molecule has 0 amide bonds. The van der Waals surface area contributed by atoms with Gasteiger partial charge in [-0.3, -0.25) is 4.98 Å². The lowest BCUT2D eigenvalue weighted by Gasteiger charge is -2.44. The quantitative estimate of drug-likeness (QED) is 0.0256. The van der Waals surface area contributed by atoms with Gasteiger partial charge in [-0.05, 0) is 30.5 Å². The van der Waals surface area contributed by atoms with Crippen LogP contribution >= 0.6 is 0 Å². The fraction of sp³-hybridized carbons (Fsp3) is 0.227. The van der Waals surface area contributed by atoms with Gasteiger partial charge in [0.1, 0.15) is 52.7 Å². The van der Waals surface area contributed by atoms with Crippen molar-refractivity contribution in [3.05, 3.63) is 171 Å². The summed E-state index contributed by atoms with van der Waals surface area (Å²) in [6.45, 7) is 2.27. The summed E-state index contributed by atoms with van der Waals surface area (Å²) in [5, 5.41) is 0. The molecule has 0 radical (unpaired) electrons. The van der Waals surface area contributed by atoms with Crippen LogP contribution in [-0.2, 0) is 6.42 Å². The molecule has 0 saturated carbocycles. The van der Waals surface area contributed by atoms with Crippen LogP contribution in [0.5, 0.6) is 5.75 Å². The Balaban J connectivity index is 0.000000314. The van der Waals surface area contributed by atoms with Crippen molar-refractivity contribution in [2.75, 3.05) is 0 Å². The zero-order valence-electron chi connectivity index (χ0n) is 34.4. The molecule has 0 N–H and O–H groups in total. The van der Waals surface area contributed by atoms with E-state index in [1.54, 1.807) is 29.5 Å². The highest BCUT2D eigenvalue weighted by molar-refractivity contribution is 7.20. The summed E-state index contributed by atoms with van der Waals surface area (Å²) >= 11 is 0. The van der Waals surface area contributed by atoms with Crippen molar-refractivity contribution < 1.29 is 97.4 Å². The minimum Gasteiger partial charge on any atom is -0.252 e. The molecule has 6 aromatic rings. The lowest BCUT2D eigenvalue weighted by atomic mass is 9.12. The Morgan fingerprint density at radius 3 is 0.926 bits per heavy atom. The largest absolute Gasteiger partial charge is 0.252 e. The maximum absolute atomic E-state index is 15.4. The fourth-order valence-corrected chi connectivity index (χ4v) is 7.54. The van der Waals surface area contributed by atoms with Crippen molar-refractivity contribution in [2.45, 2.75) is 64.7 Å². The first-order chi connectivity index (χ1) is 32.1. The second kappa shape index (κ2) is 21.7. The van der Waals surface area contributed by atoms with Gasteiger partial charge in [0.2, 0.25) is 18.1 Å². The summed E-state index contributed by atoms with van der Waals surface area (Å²) in [5.41, 5.74) is -12.9. The summed E-state index contributed by atoms with van der Waals surface area (Å²) in [5.74, 6) is -70.6. The van der Waals surface area contributed by atoms with Crippen LogP contribution in [0.2, 0.25) is 0 Å². The van der Waals surface area contributed by atoms with Gasteiger partial charge in [-0.15, -0.1) is 21.9 Å². The van der Waals surface area contributed by atoms with Gasteiger partial charge < -0.3 is 0 Å². The van der Waals surface area contributed by atoms with Crippen molar-refractivity contribution in [2.24, 2.45) is 0 Å². The third-order valence-electron chi connectivity index (χ3n) is 10.8. The molecular formula is C44H29BF20N2O. The van der Waals surface area contributed by atoms with Crippen LogP contribution in [0.25, 0.3) is 0 Å². The van der Waals surface area contributed by atoms with E-state index in [2.05, 4.69) is 24.0 Å². The minimum atomic E-state index is -7.22. The van der Waals surface area contributed by atoms with E-state index in [0.29, 0.717) is 0 Å². The highest BCUT2D eigenvalue weighted by atomic mass is 19.2. The van der Waals surface area contributed by atoms with E-state index in [1.165, 1.54) is 56.9 Å². The van der Waals surface area contributed by atoms with Crippen LogP contribution < -0.4 is 31.4 Å². The molecule has 0 unspecified atom stereocenters. The van der Waals surface area contributed by atoms with E-state index in [4.69, 9.17) is 4.84 Å². The zero-order valence-corrected chi connectivity index (χ0v) is 34.4. The smallest absolute Gasteiger partial charge is 0.241 e. The first-order valence-corrected chi connectivity index (χ1v) is 19.9. The van der Waals surface area contributed by atoms with Gasteiger partial charge in [-0.25, -0.2) is 92.6 Å². The van der Waals surface area contributed by atoms with Gasteiger partial charge in [-0.2, -0.15) is 0 Å². The van der Waals surface area contributed by atoms with Gasteiger partial charge in [0.25, 0.3) is 0 Å². The van der Waals surface area contributed by atoms with Crippen LogP contribution in [0.4, 0.5) is 87.8 Å². The SMILES string of the molecule is CCCCCCCCCCc1ccc(O[n+]2ccncc2)cc1.Fc1c(F)c(F)c([B-](c2c(F)c(F)c(F)c(F)c2F)(c2c(F)c(F)c(F)c(F)c2F)c2c(F)c(F)c(F)c(F)c2F)c(F)c1F. The second-order valence-electron chi connectivity index (χ2n) is 14.9. The summed E-state index contributed by atoms with van der Waals surface area (Å²) in [7, 11) is 0. The van der Waals surface area contributed by atoms with Crippen LogP contribution in [0.3, 0.4) is 0 Å². The molecule has 0 aliphatic heterocycles. The van der Waals surface area contributed by atoms with E-state index in [-0.39, 0.29) is 0 Å². The zero-order chi connectivity index (χ0) is 50.5. The Bertz CT molecular complexity index is 2430. The summed E-state index contributed by atoms with van der Waals surface area (Å²) in [6, 6.07) is 8.40. The highest BCUT2D eigenvalue weighted by Crippen LogP contribution is 2.31. The van der Waals surface area contributed by atoms with Crippen molar-refractivity contribution in [1.82, 2.24) is 4.98 Å². The third kappa shape index (κ3) is 9.67. The van der Waals surface area contributed by atoms with Crippen molar-refractivity contribution in [1.29, 1.82) is 0 Å². The molecule has 1 heterocycles. The Morgan fingerprint density at radius 1 is 0.368 bits per heavy atom. The molecule has 1 aromatic heterocycles. The number of unbranched alkanes of at least 4 members (excludes halogenated alkanes) is 7. The van der Waals surface area contributed by atoms with Crippen molar-refractivity contribution in [3.63, 3.8) is 0 Å². The van der Waals surface area contributed by atoms with Crippen molar-refractivity contribution in [3.8, 4) is 5.75 Å². The number of aryl methyl sites for hydroxylation is 1. The molecule has 0 aliphatic rings. The highest BCUT2D eigenvalue weighted by Gasteiger charge is 2.52. The van der Waals surface area contributed by atoms with E-state index in [9.17, 15) is 52.7 Å². The molecule has 0 aliphatic carbocycles. The average Bonchev–Trinajstić information content (AvgIpc) is 3.33. The maximum atomic E-state index is 15.4. The number of hydrogen-bond acceptors (Lipinski definition) is 2. The number of nitrogens with zero attached hydrogens (tertiary/aromatic N) is 2. The molecule has 68 heavy (non-hydrogen) atoms. The standard InChI is InChI=1S/C24BF20.C20H29N2O/c26-5-1(6(27)14(35)21(42)13(5)34)25(2-7(28)15(36)22(43)16(37)8(2)29,3-9(30)17(38)23(44)18(39)10(3)31)4-11(32)19(40)24(45)20(41)12(4)33;1-2-3-4-5-6-7-8-9-10-19-11-13-20(14-12-19)23-22-17-15-21-16-18-22/h;11-18H,2-10H2,1H3/q-1;+1. The lowest BCUT2D eigenvalue weighted by molar-refractivity contribution is -0.875. The first kappa shape index (κ1) is 52.6. The number of hydrogen-bond donors (Lipinski definition) is 0. The molecule has 364 valence electrons. The number of aromatic nitrogens is 2. The van der Waals surface area contributed by atoms with E-state index < -0.39 is 144 Å². The summed E-state index contributed by atoms with van der Waals surface area (Å²) in [6.07, 6.45) is 11.9. The summed E-state index contributed by atoms with van der Waals surface area (Å²) in [4.78, 5) is 9.67. The monoisotopic (exact) mass is 992 g/mol. The first-order valence-electron chi connectivity index (χ1n) is 19.9. The Morgan fingerprint density at radius 2 is 0.632 bits per heavy atom. The molecule has 0 saturated heterocycles. The Labute approximate surface area is 371 Å². The van der Waals surface area contributed by atoms with Crippen LogP contribution in [-0.4, -0.2) is 11.1 Å². The molecule has 5 aromatic carbocycles. The summed E-state index contributed by atoms with van der Waals surface area (Å²) < 4.78 is 296. The fourth-order valence-electron chi connectivity index (χ4n) is 7.54. The molecule has 3 nitrogen and oxygen atoms in total. The number of benzene rings is 5. The van der Waals surface area contributed by atoms with Gasteiger partial charge in [0.05, 0.1) is 12.4 Å². The van der Waals surface area contributed by atoms with Gasteiger partial charge >= 0.3 is 0 Å². The average molecular weight is 993 g/mol. The van der Waals surface area contributed by atoms with E-state index >= 15 is 35.1 Å². The normalized spacial score (nSPS) is 11.5. The van der Waals surface area contributed by atoms with Crippen LogP contribution in [0.1, 0.15) is 63.9 Å². The molecule has 24 heteroatoms. The Hall–Kier alpha value is -6.36. The second-order valence-corrected chi connectivity index (χ2v) is 14.9. The van der Waals surface area contributed by atoms with E-state index in [0.717, 1.165) is 12.2 Å². The molecule has 6 rings (SSSR count). The predicted octanol–water partition coefficient (Wildman–Crippen LogP) is 10.7. The molecule has 0 atom stereocenters. The lowest BCUT2D eigenvalue weighted by Crippen LogP contribution is -2.81. The molecule has 0 bridgehead atoms. The number of rotatable bonds is 15.